The minimum atomic E-state index is -0.848. The van der Waals surface area contributed by atoms with Gasteiger partial charge in [-0.1, -0.05) is 15.9 Å². The van der Waals surface area contributed by atoms with Crippen LogP contribution in [-0.2, 0) is 9.59 Å². The Morgan fingerprint density at radius 1 is 1.03 bits per heavy atom. The zero-order valence-electron chi connectivity index (χ0n) is 16.8. The SMILES string of the molecule is Cc1cc(N2C(=O)NC(=O)/C(=C/c3ccc(-c4ccc([N+](=O)[O-])cc4Br)o3)C2=O)ccc1Br. The van der Waals surface area contributed by atoms with E-state index in [2.05, 4.69) is 37.2 Å². The number of urea groups is 1. The summed E-state index contributed by atoms with van der Waals surface area (Å²) in [7, 11) is 0. The summed E-state index contributed by atoms with van der Waals surface area (Å²) in [5.74, 6) is -1.08. The number of nitrogens with one attached hydrogen (secondary N) is 1. The highest BCUT2D eigenvalue weighted by Gasteiger charge is 2.37. The van der Waals surface area contributed by atoms with Crippen molar-refractivity contribution in [3.8, 4) is 11.3 Å². The molecule has 1 fully saturated rings. The number of carbonyl (C=O) groups is 3. The molecule has 3 aromatic rings. The number of imide groups is 2. The van der Waals surface area contributed by atoms with Crippen LogP contribution in [0.4, 0.5) is 16.2 Å². The number of barbiturate groups is 1. The number of anilines is 1. The smallest absolute Gasteiger partial charge is 0.335 e. The van der Waals surface area contributed by atoms with E-state index in [-0.39, 0.29) is 17.0 Å². The number of halogens is 2. The maximum Gasteiger partial charge on any atom is 0.335 e. The van der Waals surface area contributed by atoms with E-state index in [4.69, 9.17) is 4.42 Å². The number of non-ortho nitro benzene ring substituents is 1. The van der Waals surface area contributed by atoms with Gasteiger partial charge in [-0.2, -0.15) is 0 Å². The average Bonchev–Trinajstić information content (AvgIpc) is 3.21. The van der Waals surface area contributed by atoms with Crippen LogP contribution in [0.2, 0.25) is 0 Å². The lowest BCUT2D eigenvalue weighted by molar-refractivity contribution is -0.384. The maximum absolute atomic E-state index is 13.0. The Bertz CT molecular complexity index is 1380. The minimum absolute atomic E-state index is 0.0862. The van der Waals surface area contributed by atoms with Crippen molar-refractivity contribution in [3.63, 3.8) is 0 Å². The number of nitro benzene ring substituents is 1. The first-order valence-corrected chi connectivity index (χ1v) is 11.0. The third-order valence-electron chi connectivity index (χ3n) is 4.84. The monoisotopic (exact) mass is 573 g/mol. The first-order valence-electron chi connectivity index (χ1n) is 9.37. The lowest BCUT2D eigenvalue weighted by Gasteiger charge is -2.26. The van der Waals surface area contributed by atoms with Crippen LogP contribution in [0, 0.1) is 17.0 Å². The Hall–Kier alpha value is -3.57. The predicted octanol–water partition coefficient (Wildman–Crippen LogP) is 5.35. The third-order valence-corrected chi connectivity index (χ3v) is 6.39. The molecule has 1 N–H and O–H groups in total. The van der Waals surface area contributed by atoms with Crippen molar-refractivity contribution >= 4 is 67.2 Å². The Balaban J connectivity index is 1.67. The van der Waals surface area contributed by atoms with Crippen LogP contribution in [0.25, 0.3) is 17.4 Å². The number of carbonyl (C=O) groups excluding carboxylic acids is 3. The summed E-state index contributed by atoms with van der Waals surface area (Å²) in [5, 5.41) is 13.1. The highest BCUT2D eigenvalue weighted by atomic mass is 79.9. The molecule has 11 heteroatoms. The molecule has 0 aliphatic carbocycles. The highest BCUT2D eigenvalue weighted by molar-refractivity contribution is 9.10. The second kappa shape index (κ2) is 8.75. The molecule has 0 spiro atoms. The molecule has 4 amide bonds. The zero-order valence-corrected chi connectivity index (χ0v) is 20.0. The summed E-state index contributed by atoms with van der Waals surface area (Å²) >= 11 is 6.65. The van der Waals surface area contributed by atoms with Crippen LogP contribution in [0.15, 0.2) is 67.5 Å². The van der Waals surface area contributed by atoms with Crippen molar-refractivity contribution in [1.82, 2.24) is 5.32 Å². The molecule has 1 saturated heterocycles. The maximum atomic E-state index is 13.0. The fourth-order valence-corrected chi connectivity index (χ4v) is 4.00. The van der Waals surface area contributed by atoms with E-state index in [0.717, 1.165) is 14.9 Å². The van der Waals surface area contributed by atoms with E-state index in [0.29, 0.717) is 21.5 Å². The van der Waals surface area contributed by atoms with Gasteiger partial charge in [0.2, 0.25) is 0 Å². The molecule has 166 valence electrons. The Labute approximate surface area is 203 Å². The Kier molecular flexibility index (Phi) is 6.00. The van der Waals surface area contributed by atoms with Crippen molar-refractivity contribution in [1.29, 1.82) is 0 Å². The van der Waals surface area contributed by atoms with Crippen LogP contribution in [0.5, 0.6) is 0 Å². The fourth-order valence-electron chi connectivity index (χ4n) is 3.19. The molecule has 9 nitrogen and oxygen atoms in total. The number of amides is 4. The van der Waals surface area contributed by atoms with Gasteiger partial charge in [0.05, 0.1) is 10.6 Å². The van der Waals surface area contributed by atoms with E-state index in [1.54, 1.807) is 30.3 Å². The lowest BCUT2D eigenvalue weighted by atomic mass is 10.1. The van der Waals surface area contributed by atoms with E-state index in [9.17, 15) is 24.5 Å². The number of aryl methyl sites for hydroxylation is 1. The summed E-state index contributed by atoms with van der Waals surface area (Å²) in [6.45, 7) is 1.81. The molecule has 1 aliphatic heterocycles. The van der Waals surface area contributed by atoms with E-state index < -0.39 is 22.8 Å². The Morgan fingerprint density at radius 2 is 1.79 bits per heavy atom. The molecule has 1 aromatic heterocycles. The summed E-state index contributed by atoms with van der Waals surface area (Å²) in [5.41, 5.74) is 1.30. The lowest BCUT2D eigenvalue weighted by Crippen LogP contribution is -2.54. The summed E-state index contributed by atoms with van der Waals surface area (Å²) in [6.07, 6.45) is 1.24. The fraction of sp³-hybridized carbons (Fsp3) is 0.0455. The van der Waals surface area contributed by atoms with Gasteiger partial charge in [0, 0.05) is 26.6 Å². The molecule has 33 heavy (non-hydrogen) atoms. The van der Waals surface area contributed by atoms with Crippen molar-refractivity contribution in [2.45, 2.75) is 6.92 Å². The normalized spacial score (nSPS) is 15.2. The molecule has 0 radical (unpaired) electrons. The van der Waals surface area contributed by atoms with E-state index in [1.165, 1.54) is 24.3 Å². The molecule has 2 heterocycles. The van der Waals surface area contributed by atoms with Crippen LogP contribution in [-0.4, -0.2) is 22.8 Å². The largest absolute Gasteiger partial charge is 0.457 e. The third kappa shape index (κ3) is 4.37. The molecule has 0 bridgehead atoms. The second-order valence-corrected chi connectivity index (χ2v) is 8.72. The number of benzene rings is 2. The van der Waals surface area contributed by atoms with Crippen LogP contribution >= 0.6 is 31.9 Å². The molecule has 4 rings (SSSR count). The van der Waals surface area contributed by atoms with Gasteiger partial charge in [-0.3, -0.25) is 25.0 Å². The second-order valence-electron chi connectivity index (χ2n) is 7.01. The van der Waals surface area contributed by atoms with Gasteiger partial charge in [-0.05, 0) is 70.9 Å². The van der Waals surface area contributed by atoms with Crippen LogP contribution in [0.3, 0.4) is 0 Å². The number of hydrogen-bond donors (Lipinski definition) is 1. The van der Waals surface area contributed by atoms with Gasteiger partial charge in [0.1, 0.15) is 17.1 Å². The molecule has 0 unspecified atom stereocenters. The van der Waals surface area contributed by atoms with Crippen LogP contribution in [0.1, 0.15) is 11.3 Å². The summed E-state index contributed by atoms with van der Waals surface area (Å²) in [6, 6.07) is 11.4. The van der Waals surface area contributed by atoms with Crippen LogP contribution < -0.4 is 10.2 Å². The summed E-state index contributed by atoms with van der Waals surface area (Å²) < 4.78 is 6.99. The van der Waals surface area contributed by atoms with Crippen molar-refractivity contribution in [2.24, 2.45) is 0 Å². The standard InChI is InChI=1S/C22H13Br2N3O6/c1-11-8-12(3-6-17(11)23)26-21(29)16(20(28)25-22(26)30)10-14-4-7-19(33-14)15-5-2-13(27(31)32)9-18(15)24/h2-10H,1H3,(H,25,28,30)/b16-10-. The molecule has 2 aromatic carbocycles. The van der Waals surface area contributed by atoms with E-state index >= 15 is 0 Å². The number of hydrogen-bond acceptors (Lipinski definition) is 6. The van der Waals surface area contributed by atoms with Crippen molar-refractivity contribution < 1.29 is 23.7 Å². The molecular formula is C22H13Br2N3O6. The van der Waals surface area contributed by atoms with Gasteiger partial charge in [-0.15, -0.1) is 0 Å². The topological polar surface area (TPSA) is 123 Å². The predicted molar refractivity (Wildman–Crippen MR) is 126 cm³/mol. The Morgan fingerprint density at radius 3 is 2.45 bits per heavy atom. The number of nitrogens with zero attached hydrogens (tertiary/aromatic N) is 2. The van der Waals surface area contributed by atoms with Gasteiger partial charge in [0.15, 0.2) is 0 Å². The highest BCUT2D eigenvalue weighted by Crippen LogP contribution is 2.33. The summed E-state index contributed by atoms with van der Waals surface area (Å²) in [4.78, 5) is 49.1. The van der Waals surface area contributed by atoms with Gasteiger partial charge >= 0.3 is 6.03 Å². The van der Waals surface area contributed by atoms with E-state index in [1.807, 2.05) is 6.92 Å². The molecule has 0 saturated carbocycles. The van der Waals surface area contributed by atoms with Gasteiger partial charge in [-0.25, -0.2) is 9.69 Å². The number of rotatable bonds is 4. The van der Waals surface area contributed by atoms with Gasteiger partial charge < -0.3 is 4.42 Å². The quantitative estimate of drug-likeness (QED) is 0.194. The number of furan rings is 1. The number of nitro groups is 1. The van der Waals surface area contributed by atoms with Crippen molar-refractivity contribution in [2.75, 3.05) is 4.90 Å². The van der Waals surface area contributed by atoms with Crippen molar-refractivity contribution in [3.05, 3.63) is 84.5 Å². The first-order chi connectivity index (χ1) is 15.7. The molecule has 0 atom stereocenters. The van der Waals surface area contributed by atoms with Gasteiger partial charge in [0.25, 0.3) is 17.5 Å². The minimum Gasteiger partial charge on any atom is -0.457 e. The zero-order chi connectivity index (χ0) is 23.9. The first kappa shape index (κ1) is 22.6. The molecule has 1 aliphatic rings. The average molecular weight is 575 g/mol. The molecular weight excluding hydrogens is 562 g/mol.